The summed E-state index contributed by atoms with van der Waals surface area (Å²) in [5.41, 5.74) is 0.958. The average molecular weight is 348 g/mol. The Morgan fingerprint density at radius 2 is 2.33 bits per heavy atom. The van der Waals surface area contributed by atoms with Crippen LogP contribution < -0.4 is 5.32 Å². The van der Waals surface area contributed by atoms with Gasteiger partial charge >= 0.3 is 0 Å². The van der Waals surface area contributed by atoms with E-state index in [0.717, 1.165) is 5.69 Å². The Morgan fingerprint density at radius 3 is 3.08 bits per heavy atom. The molecule has 2 aromatic heterocycles. The molecule has 0 saturated carbocycles. The molecule has 0 spiro atoms. The maximum absolute atomic E-state index is 12.2. The van der Waals surface area contributed by atoms with E-state index in [1.165, 1.54) is 11.8 Å². The van der Waals surface area contributed by atoms with Gasteiger partial charge < -0.3 is 14.6 Å². The van der Waals surface area contributed by atoms with Crippen molar-refractivity contribution in [1.82, 2.24) is 20.0 Å². The molecular formula is C16H20N4O3S. The maximum Gasteiger partial charge on any atom is 0.232 e. The fraction of sp³-hybridized carbons (Fsp3) is 0.438. The highest BCUT2D eigenvalue weighted by molar-refractivity contribution is 7.99. The third-order valence-electron chi connectivity index (χ3n) is 3.96. The van der Waals surface area contributed by atoms with Gasteiger partial charge in [-0.2, -0.15) is 16.9 Å². The Kier molecular flexibility index (Phi) is 5.24. The second kappa shape index (κ2) is 7.57. The summed E-state index contributed by atoms with van der Waals surface area (Å²) in [5, 5.41) is 7.16. The van der Waals surface area contributed by atoms with E-state index in [2.05, 4.69) is 10.4 Å². The second-order valence-corrected chi connectivity index (χ2v) is 6.55. The summed E-state index contributed by atoms with van der Waals surface area (Å²) in [6, 6.07) is 5.35. The van der Waals surface area contributed by atoms with Gasteiger partial charge in [0, 0.05) is 12.7 Å². The first kappa shape index (κ1) is 16.6. The predicted molar refractivity (Wildman–Crippen MR) is 90.2 cm³/mol. The number of aromatic nitrogens is 2. The van der Waals surface area contributed by atoms with Crippen LogP contribution in [0.15, 0.2) is 35.1 Å². The van der Waals surface area contributed by atoms with Crippen LogP contribution in [0.2, 0.25) is 0 Å². The second-order valence-electron chi connectivity index (χ2n) is 5.69. The monoisotopic (exact) mass is 348 g/mol. The van der Waals surface area contributed by atoms with E-state index in [1.54, 1.807) is 23.4 Å². The standard InChI is InChI=1S/C16H20N4O3S/c1-24-11-16(22)19-9-12-4-5-18-20(12)13(10-19)7-15(21)17-8-14-3-2-6-23-14/h2-6,13H,7-11H2,1H3,(H,17,21). The molecule has 1 N–H and O–H groups in total. The Bertz CT molecular complexity index is 698. The van der Waals surface area contributed by atoms with Gasteiger partial charge in [-0.3, -0.25) is 14.3 Å². The van der Waals surface area contributed by atoms with Gasteiger partial charge in [-0.1, -0.05) is 0 Å². The molecule has 0 radical (unpaired) electrons. The van der Waals surface area contributed by atoms with E-state index in [9.17, 15) is 9.59 Å². The predicted octanol–water partition coefficient (Wildman–Crippen LogP) is 1.43. The Balaban J connectivity index is 1.63. The molecule has 2 aromatic rings. The van der Waals surface area contributed by atoms with E-state index in [4.69, 9.17) is 4.42 Å². The van der Waals surface area contributed by atoms with Crippen molar-refractivity contribution in [3.63, 3.8) is 0 Å². The smallest absolute Gasteiger partial charge is 0.232 e. The molecule has 128 valence electrons. The lowest BCUT2D eigenvalue weighted by Gasteiger charge is -2.33. The van der Waals surface area contributed by atoms with Gasteiger partial charge in [0.1, 0.15) is 5.76 Å². The summed E-state index contributed by atoms with van der Waals surface area (Å²) in [4.78, 5) is 26.2. The number of rotatable bonds is 6. The zero-order valence-electron chi connectivity index (χ0n) is 13.5. The quantitative estimate of drug-likeness (QED) is 0.854. The van der Waals surface area contributed by atoms with Crippen LogP contribution in [-0.4, -0.2) is 45.0 Å². The SMILES string of the molecule is CSCC(=O)N1Cc2ccnn2C(CC(=O)NCc2ccco2)C1. The summed E-state index contributed by atoms with van der Waals surface area (Å²) in [7, 11) is 0. The largest absolute Gasteiger partial charge is 0.467 e. The highest BCUT2D eigenvalue weighted by Crippen LogP contribution is 2.23. The highest BCUT2D eigenvalue weighted by atomic mass is 32.2. The molecule has 1 aliphatic heterocycles. The molecule has 7 nitrogen and oxygen atoms in total. The summed E-state index contributed by atoms with van der Waals surface area (Å²) in [5.74, 6) is 1.17. The molecule has 0 saturated heterocycles. The first-order valence-corrected chi connectivity index (χ1v) is 9.15. The lowest BCUT2D eigenvalue weighted by atomic mass is 10.1. The van der Waals surface area contributed by atoms with E-state index >= 15 is 0 Å². The van der Waals surface area contributed by atoms with Crippen LogP contribution in [0.1, 0.15) is 23.9 Å². The number of fused-ring (bicyclic) bond motifs is 1. The van der Waals surface area contributed by atoms with Gasteiger partial charge in [0.25, 0.3) is 0 Å². The molecule has 2 amide bonds. The number of nitrogens with zero attached hydrogens (tertiary/aromatic N) is 3. The molecule has 3 rings (SSSR count). The molecule has 0 fully saturated rings. The molecule has 24 heavy (non-hydrogen) atoms. The van der Waals surface area contributed by atoms with Crippen molar-refractivity contribution in [3.8, 4) is 0 Å². The summed E-state index contributed by atoms with van der Waals surface area (Å²) < 4.78 is 7.06. The molecule has 0 aromatic carbocycles. The number of thioether (sulfide) groups is 1. The number of furan rings is 1. The van der Waals surface area contributed by atoms with Gasteiger partial charge in [0.05, 0.1) is 43.3 Å². The van der Waals surface area contributed by atoms with Crippen LogP contribution in [0.4, 0.5) is 0 Å². The topological polar surface area (TPSA) is 80.4 Å². The van der Waals surface area contributed by atoms with Crippen LogP contribution >= 0.6 is 11.8 Å². The third kappa shape index (κ3) is 3.81. The van der Waals surface area contributed by atoms with Gasteiger partial charge in [0.2, 0.25) is 11.8 Å². The van der Waals surface area contributed by atoms with Crippen LogP contribution in [0.25, 0.3) is 0 Å². The van der Waals surface area contributed by atoms with Gasteiger partial charge in [-0.15, -0.1) is 0 Å². The maximum atomic E-state index is 12.2. The van der Waals surface area contributed by atoms with Crippen LogP contribution in [0.5, 0.6) is 0 Å². The molecule has 8 heteroatoms. The van der Waals surface area contributed by atoms with E-state index in [1.807, 2.05) is 23.1 Å². The van der Waals surface area contributed by atoms with E-state index in [-0.39, 0.29) is 24.3 Å². The zero-order chi connectivity index (χ0) is 16.9. The Hall–Kier alpha value is -2.22. The summed E-state index contributed by atoms with van der Waals surface area (Å²) >= 11 is 1.51. The number of nitrogens with one attached hydrogen (secondary N) is 1. The van der Waals surface area contributed by atoms with Crippen molar-refractivity contribution in [2.24, 2.45) is 0 Å². The van der Waals surface area contributed by atoms with Crippen LogP contribution in [-0.2, 0) is 22.7 Å². The highest BCUT2D eigenvalue weighted by Gasteiger charge is 2.29. The molecule has 1 atom stereocenters. The first-order valence-electron chi connectivity index (χ1n) is 7.75. The molecule has 1 unspecified atom stereocenters. The van der Waals surface area contributed by atoms with Crippen molar-refractivity contribution < 1.29 is 14.0 Å². The number of hydrogen-bond acceptors (Lipinski definition) is 5. The Labute approximate surface area is 144 Å². The Morgan fingerprint density at radius 1 is 1.46 bits per heavy atom. The van der Waals surface area contributed by atoms with E-state index < -0.39 is 0 Å². The van der Waals surface area contributed by atoms with E-state index in [0.29, 0.717) is 31.1 Å². The van der Waals surface area contributed by atoms with Crippen LogP contribution in [0.3, 0.4) is 0 Å². The first-order chi connectivity index (χ1) is 11.7. The summed E-state index contributed by atoms with van der Waals surface area (Å²) in [6.07, 6.45) is 5.48. The van der Waals surface area contributed by atoms with Crippen molar-refractivity contribution in [3.05, 3.63) is 42.1 Å². The normalized spacial score (nSPS) is 16.7. The molecule has 1 aliphatic rings. The summed E-state index contributed by atoms with van der Waals surface area (Å²) in [6.45, 7) is 1.41. The number of hydrogen-bond donors (Lipinski definition) is 1. The molecular weight excluding hydrogens is 328 g/mol. The minimum absolute atomic E-state index is 0.0861. The van der Waals surface area contributed by atoms with Gasteiger partial charge in [-0.05, 0) is 24.5 Å². The average Bonchev–Trinajstić information content (AvgIpc) is 3.24. The number of carbonyl (C=O) groups excluding carboxylic acids is 2. The number of amides is 2. The molecule has 3 heterocycles. The fourth-order valence-electron chi connectivity index (χ4n) is 2.83. The van der Waals surface area contributed by atoms with Crippen molar-refractivity contribution in [1.29, 1.82) is 0 Å². The van der Waals surface area contributed by atoms with Gasteiger partial charge in [0.15, 0.2) is 0 Å². The van der Waals surface area contributed by atoms with Crippen molar-refractivity contribution in [2.75, 3.05) is 18.6 Å². The zero-order valence-corrected chi connectivity index (χ0v) is 14.3. The molecule has 0 aliphatic carbocycles. The lowest BCUT2D eigenvalue weighted by Crippen LogP contribution is -2.43. The fourth-order valence-corrected chi connectivity index (χ4v) is 3.26. The van der Waals surface area contributed by atoms with Crippen LogP contribution in [0, 0.1) is 0 Å². The lowest BCUT2D eigenvalue weighted by molar-refractivity contribution is -0.131. The minimum atomic E-state index is -0.147. The minimum Gasteiger partial charge on any atom is -0.467 e. The number of carbonyl (C=O) groups is 2. The van der Waals surface area contributed by atoms with Crippen molar-refractivity contribution in [2.45, 2.75) is 25.6 Å². The third-order valence-corrected chi connectivity index (χ3v) is 4.50. The molecule has 0 bridgehead atoms. The van der Waals surface area contributed by atoms with Crippen molar-refractivity contribution >= 4 is 23.6 Å². The van der Waals surface area contributed by atoms with Gasteiger partial charge in [-0.25, -0.2) is 0 Å².